The molecule has 1 rings (SSSR count). The average Bonchev–Trinajstić information content (AvgIpc) is 2.41. The van der Waals surface area contributed by atoms with Crippen molar-refractivity contribution in [3.05, 3.63) is 41.5 Å². The van der Waals surface area contributed by atoms with Gasteiger partial charge in [0.1, 0.15) is 5.83 Å². The van der Waals surface area contributed by atoms with Crippen molar-refractivity contribution in [2.24, 2.45) is 7.05 Å². The van der Waals surface area contributed by atoms with Crippen LogP contribution in [0.1, 0.15) is 29.5 Å². The molecule has 0 amide bonds. The van der Waals surface area contributed by atoms with E-state index in [2.05, 4.69) is 11.7 Å². The van der Waals surface area contributed by atoms with Crippen molar-refractivity contribution < 1.29 is 9.50 Å². The van der Waals surface area contributed by atoms with Crippen molar-refractivity contribution in [2.75, 3.05) is 0 Å². The number of aliphatic hydroxyl groups is 1. The number of aryl methyl sites for hydroxylation is 2. The molecule has 3 nitrogen and oxygen atoms in total. The second kappa shape index (κ2) is 5.07. The van der Waals surface area contributed by atoms with Gasteiger partial charge in [-0.15, -0.1) is 0 Å². The Kier molecular flexibility index (Phi) is 4.01. The maximum absolute atomic E-state index is 13.2. The number of halogens is 1. The molecular formula is C12H17FN2O. The van der Waals surface area contributed by atoms with Crippen molar-refractivity contribution in [1.82, 2.24) is 9.78 Å². The predicted molar refractivity (Wildman–Crippen MR) is 61.6 cm³/mol. The summed E-state index contributed by atoms with van der Waals surface area (Å²) in [7, 11) is 1.80. The minimum atomic E-state index is -0.857. The largest absolute Gasteiger partial charge is 0.388 e. The van der Waals surface area contributed by atoms with Crippen LogP contribution in [0.2, 0.25) is 0 Å². The number of nitrogens with zero attached hydrogens (tertiary/aromatic N) is 2. The van der Waals surface area contributed by atoms with Gasteiger partial charge in [0.05, 0.1) is 11.8 Å². The molecule has 1 aromatic rings. The molecule has 16 heavy (non-hydrogen) atoms. The van der Waals surface area contributed by atoms with Crippen LogP contribution in [-0.2, 0) is 7.05 Å². The minimum absolute atomic E-state index is 0.0423. The number of hydrogen-bond donors (Lipinski definition) is 1. The van der Waals surface area contributed by atoms with Gasteiger partial charge in [-0.05, 0) is 19.9 Å². The number of allylic oxidation sites excluding steroid dienone is 2. The molecule has 1 N–H and O–H groups in total. The van der Waals surface area contributed by atoms with Crippen molar-refractivity contribution in [3.63, 3.8) is 0 Å². The molecule has 0 aliphatic heterocycles. The number of aromatic nitrogens is 2. The smallest absolute Gasteiger partial charge is 0.103 e. The van der Waals surface area contributed by atoms with E-state index in [4.69, 9.17) is 0 Å². The monoisotopic (exact) mass is 224 g/mol. The first kappa shape index (κ1) is 12.6. The van der Waals surface area contributed by atoms with Crippen molar-refractivity contribution in [1.29, 1.82) is 0 Å². The van der Waals surface area contributed by atoms with Crippen molar-refractivity contribution in [2.45, 2.75) is 26.4 Å². The third kappa shape index (κ3) is 2.58. The summed E-state index contributed by atoms with van der Waals surface area (Å²) in [5, 5.41) is 14.1. The van der Waals surface area contributed by atoms with E-state index in [1.807, 2.05) is 6.92 Å². The van der Waals surface area contributed by atoms with Crippen LogP contribution in [0.4, 0.5) is 4.39 Å². The molecule has 88 valence electrons. The van der Waals surface area contributed by atoms with Gasteiger partial charge >= 0.3 is 0 Å². The van der Waals surface area contributed by atoms with Crippen LogP contribution in [0.25, 0.3) is 0 Å². The molecular weight excluding hydrogens is 207 g/mol. The highest BCUT2D eigenvalue weighted by Crippen LogP contribution is 2.26. The molecule has 0 spiro atoms. The van der Waals surface area contributed by atoms with Gasteiger partial charge in [-0.25, -0.2) is 4.39 Å². The molecule has 1 aromatic heterocycles. The Hall–Kier alpha value is -1.42. The molecule has 0 fully saturated rings. The molecule has 1 heterocycles. The van der Waals surface area contributed by atoms with Crippen LogP contribution < -0.4 is 0 Å². The summed E-state index contributed by atoms with van der Waals surface area (Å²) in [6, 6.07) is 0. The highest BCUT2D eigenvalue weighted by Gasteiger charge is 2.18. The molecule has 4 heteroatoms. The quantitative estimate of drug-likeness (QED) is 0.798. The van der Waals surface area contributed by atoms with E-state index in [9.17, 15) is 9.50 Å². The first-order valence-corrected chi connectivity index (χ1v) is 5.12. The summed E-state index contributed by atoms with van der Waals surface area (Å²) in [5.41, 5.74) is 2.30. The molecule has 0 aliphatic carbocycles. The average molecular weight is 224 g/mol. The second-order valence-electron chi connectivity index (χ2n) is 3.78. The van der Waals surface area contributed by atoms with Gasteiger partial charge in [-0.2, -0.15) is 5.10 Å². The van der Waals surface area contributed by atoms with Gasteiger partial charge in [0.2, 0.25) is 0 Å². The van der Waals surface area contributed by atoms with Crippen LogP contribution in [0.15, 0.2) is 24.6 Å². The zero-order chi connectivity index (χ0) is 12.3. The summed E-state index contributed by atoms with van der Waals surface area (Å²) in [4.78, 5) is 0. The molecule has 1 unspecified atom stereocenters. The van der Waals surface area contributed by atoms with Crippen LogP contribution >= 0.6 is 0 Å². The summed E-state index contributed by atoms with van der Waals surface area (Å²) in [5.74, 6) is -0.384. The summed E-state index contributed by atoms with van der Waals surface area (Å²) < 4.78 is 14.9. The van der Waals surface area contributed by atoms with E-state index in [0.29, 0.717) is 5.56 Å². The Labute approximate surface area is 94.9 Å². The van der Waals surface area contributed by atoms with E-state index in [-0.39, 0.29) is 12.2 Å². The standard InChI is InChI=1S/C12H17FN2O/c1-5-6-10(13)7-11(16)12-8(2)14-15(4)9(12)3/h5-6,11,16H,1,7H2,2-4H3/b10-6+. The number of hydrogen-bond acceptors (Lipinski definition) is 2. The van der Waals surface area contributed by atoms with E-state index >= 15 is 0 Å². The topological polar surface area (TPSA) is 38.1 Å². The van der Waals surface area contributed by atoms with Gasteiger partial charge in [0.15, 0.2) is 0 Å². The molecule has 0 bridgehead atoms. The van der Waals surface area contributed by atoms with Gasteiger partial charge in [0.25, 0.3) is 0 Å². The molecule has 0 aromatic carbocycles. The Morgan fingerprint density at radius 3 is 2.69 bits per heavy atom. The Morgan fingerprint density at radius 2 is 2.25 bits per heavy atom. The number of aliphatic hydroxyl groups excluding tert-OH is 1. The molecule has 1 atom stereocenters. The SMILES string of the molecule is C=C/C=C(/F)CC(O)c1c(C)nn(C)c1C. The highest BCUT2D eigenvalue weighted by molar-refractivity contribution is 5.27. The minimum Gasteiger partial charge on any atom is -0.388 e. The summed E-state index contributed by atoms with van der Waals surface area (Å²) in [6.07, 6.45) is 1.72. The summed E-state index contributed by atoms with van der Waals surface area (Å²) >= 11 is 0. The van der Waals surface area contributed by atoms with Crippen LogP contribution in [0.5, 0.6) is 0 Å². The highest BCUT2D eigenvalue weighted by atomic mass is 19.1. The fraction of sp³-hybridized carbons (Fsp3) is 0.417. The lowest BCUT2D eigenvalue weighted by molar-refractivity contribution is 0.169. The zero-order valence-corrected chi connectivity index (χ0v) is 9.87. The maximum Gasteiger partial charge on any atom is 0.103 e. The Morgan fingerprint density at radius 1 is 1.62 bits per heavy atom. The van der Waals surface area contributed by atoms with Crippen LogP contribution in [0.3, 0.4) is 0 Å². The van der Waals surface area contributed by atoms with Gasteiger partial charge < -0.3 is 5.11 Å². The Balaban J connectivity index is 2.92. The van der Waals surface area contributed by atoms with Crippen molar-refractivity contribution >= 4 is 0 Å². The Bertz CT molecular complexity index is 421. The van der Waals surface area contributed by atoms with Gasteiger partial charge in [0, 0.05) is 24.7 Å². The van der Waals surface area contributed by atoms with E-state index in [0.717, 1.165) is 11.4 Å². The molecule has 0 saturated heterocycles. The van der Waals surface area contributed by atoms with E-state index < -0.39 is 6.10 Å². The first-order valence-electron chi connectivity index (χ1n) is 5.12. The summed E-state index contributed by atoms with van der Waals surface area (Å²) in [6.45, 7) is 7.07. The molecule has 0 aliphatic rings. The predicted octanol–water partition coefficient (Wildman–Crippen LogP) is 2.50. The zero-order valence-electron chi connectivity index (χ0n) is 9.87. The lowest BCUT2D eigenvalue weighted by Gasteiger charge is -2.09. The number of rotatable bonds is 4. The normalized spacial score (nSPS) is 13.9. The van der Waals surface area contributed by atoms with Crippen LogP contribution in [-0.4, -0.2) is 14.9 Å². The fourth-order valence-corrected chi connectivity index (χ4v) is 1.75. The second-order valence-corrected chi connectivity index (χ2v) is 3.78. The van der Waals surface area contributed by atoms with E-state index in [1.54, 1.807) is 18.7 Å². The fourth-order valence-electron chi connectivity index (χ4n) is 1.75. The van der Waals surface area contributed by atoms with Gasteiger partial charge in [-0.1, -0.05) is 12.7 Å². The van der Waals surface area contributed by atoms with Gasteiger partial charge in [-0.3, -0.25) is 4.68 Å². The lowest BCUT2D eigenvalue weighted by Crippen LogP contribution is -2.01. The lowest BCUT2D eigenvalue weighted by atomic mass is 10.0. The third-order valence-electron chi connectivity index (χ3n) is 2.59. The maximum atomic E-state index is 13.2. The molecule has 0 saturated carbocycles. The van der Waals surface area contributed by atoms with E-state index in [1.165, 1.54) is 12.2 Å². The third-order valence-corrected chi connectivity index (χ3v) is 2.59. The van der Waals surface area contributed by atoms with Crippen LogP contribution in [0, 0.1) is 13.8 Å². The van der Waals surface area contributed by atoms with Crippen molar-refractivity contribution in [3.8, 4) is 0 Å². The first-order chi connectivity index (χ1) is 7.47. The molecule has 0 radical (unpaired) electrons.